The molecule has 5 heteroatoms. The van der Waals surface area contributed by atoms with Crippen LogP contribution in [0.15, 0.2) is 18.2 Å². The second kappa shape index (κ2) is 7.31. The van der Waals surface area contributed by atoms with Gasteiger partial charge in [-0.3, -0.25) is 9.69 Å². The van der Waals surface area contributed by atoms with E-state index < -0.39 is 0 Å². The van der Waals surface area contributed by atoms with Gasteiger partial charge in [-0.05, 0) is 31.6 Å². The van der Waals surface area contributed by atoms with E-state index in [2.05, 4.69) is 24.1 Å². The van der Waals surface area contributed by atoms with Gasteiger partial charge in [-0.2, -0.15) is 0 Å². The van der Waals surface area contributed by atoms with Crippen molar-refractivity contribution in [3.63, 3.8) is 0 Å². The normalized spacial score (nSPS) is 14.9. The van der Waals surface area contributed by atoms with Crippen LogP contribution in [0.3, 0.4) is 0 Å². The molecule has 1 N–H and O–H groups in total. The monoisotopic (exact) mass is 292 g/mol. The average molecular weight is 292 g/mol. The van der Waals surface area contributed by atoms with Gasteiger partial charge in [0.2, 0.25) is 5.91 Å². The molecule has 116 valence electrons. The van der Waals surface area contributed by atoms with Gasteiger partial charge >= 0.3 is 0 Å². The lowest BCUT2D eigenvalue weighted by Gasteiger charge is -2.27. The number of carbonyl (C=O) groups excluding carboxylic acids is 1. The number of nitrogens with zero attached hydrogens (tertiary/aromatic N) is 1. The number of ether oxygens (including phenoxy) is 2. The average Bonchev–Trinajstić information content (AvgIpc) is 2.52. The Kier molecular flexibility index (Phi) is 5.44. The number of nitrogens with one attached hydrogen (secondary N) is 1. The summed E-state index contributed by atoms with van der Waals surface area (Å²) in [5.41, 5.74) is 0.745. The second-order valence-electron chi connectivity index (χ2n) is 4.99. The fraction of sp³-hybridized carbons (Fsp3) is 0.562. The topological polar surface area (TPSA) is 50.8 Å². The minimum absolute atomic E-state index is 0.0258. The third kappa shape index (κ3) is 3.67. The van der Waals surface area contributed by atoms with Crippen LogP contribution in [0.4, 0.5) is 5.69 Å². The molecule has 1 unspecified atom stereocenters. The van der Waals surface area contributed by atoms with E-state index in [1.807, 2.05) is 25.1 Å². The van der Waals surface area contributed by atoms with E-state index in [4.69, 9.17) is 9.47 Å². The number of anilines is 1. The Balaban J connectivity index is 2.07. The predicted molar refractivity (Wildman–Crippen MR) is 83.1 cm³/mol. The maximum absolute atomic E-state index is 12.4. The highest BCUT2D eigenvalue weighted by atomic mass is 16.6. The van der Waals surface area contributed by atoms with Crippen LogP contribution in [-0.4, -0.2) is 43.2 Å². The zero-order valence-corrected chi connectivity index (χ0v) is 13.0. The smallest absolute Gasteiger partial charge is 0.241 e. The van der Waals surface area contributed by atoms with Crippen LogP contribution in [0, 0.1) is 0 Å². The minimum atomic E-state index is -0.104. The molecule has 1 aromatic rings. The van der Waals surface area contributed by atoms with Crippen molar-refractivity contribution in [2.75, 3.05) is 31.6 Å². The Morgan fingerprint density at radius 2 is 1.86 bits per heavy atom. The molecular weight excluding hydrogens is 268 g/mol. The van der Waals surface area contributed by atoms with Crippen molar-refractivity contribution in [1.82, 2.24) is 4.90 Å². The largest absolute Gasteiger partial charge is 0.486 e. The molecule has 0 bridgehead atoms. The Morgan fingerprint density at radius 3 is 2.48 bits per heavy atom. The Morgan fingerprint density at radius 1 is 1.19 bits per heavy atom. The first-order valence-electron chi connectivity index (χ1n) is 7.64. The van der Waals surface area contributed by atoms with E-state index in [1.54, 1.807) is 0 Å². The SMILES string of the molecule is CCC(C(=O)Nc1ccc2c(c1)OCCO2)N(CC)CC. The zero-order chi connectivity index (χ0) is 15.2. The van der Waals surface area contributed by atoms with Crippen LogP contribution < -0.4 is 14.8 Å². The Bertz CT molecular complexity index is 486. The molecular formula is C16H24N2O3. The van der Waals surface area contributed by atoms with Crippen molar-refractivity contribution >= 4 is 11.6 Å². The molecule has 0 radical (unpaired) electrons. The lowest BCUT2D eigenvalue weighted by molar-refractivity contribution is -0.121. The molecule has 0 saturated carbocycles. The first-order chi connectivity index (χ1) is 10.2. The van der Waals surface area contributed by atoms with Crippen molar-refractivity contribution in [2.45, 2.75) is 33.2 Å². The predicted octanol–water partition coefficient (Wildman–Crippen LogP) is 2.52. The molecule has 0 saturated heterocycles. The summed E-state index contributed by atoms with van der Waals surface area (Å²) < 4.78 is 11.0. The van der Waals surface area contributed by atoms with Gasteiger partial charge in [0.05, 0.1) is 6.04 Å². The van der Waals surface area contributed by atoms with E-state index in [9.17, 15) is 4.79 Å². The van der Waals surface area contributed by atoms with Crippen LogP contribution in [-0.2, 0) is 4.79 Å². The Labute approximate surface area is 126 Å². The molecule has 1 aromatic carbocycles. The molecule has 1 aliphatic rings. The summed E-state index contributed by atoms with van der Waals surface area (Å²) in [6.07, 6.45) is 0.790. The van der Waals surface area contributed by atoms with Crippen LogP contribution in [0.1, 0.15) is 27.2 Å². The van der Waals surface area contributed by atoms with Crippen molar-refractivity contribution in [2.24, 2.45) is 0 Å². The lowest BCUT2D eigenvalue weighted by atomic mass is 10.1. The molecule has 0 aliphatic carbocycles. The highest BCUT2D eigenvalue weighted by Crippen LogP contribution is 2.32. The summed E-state index contributed by atoms with van der Waals surface area (Å²) >= 11 is 0. The summed E-state index contributed by atoms with van der Waals surface area (Å²) in [4.78, 5) is 14.6. The first kappa shape index (κ1) is 15.6. The zero-order valence-electron chi connectivity index (χ0n) is 13.0. The summed E-state index contributed by atoms with van der Waals surface area (Å²) in [5.74, 6) is 1.45. The number of likely N-dealkylation sites (N-methyl/N-ethyl adjacent to an activating group) is 1. The number of hydrogen-bond donors (Lipinski definition) is 1. The highest BCUT2D eigenvalue weighted by Gasteiger charge is 2.22. The van der Waals surface area contributed by atoms with Gasteiger partial charge in [0.15, 0.2) is 11.5 Å². The number of amides is 1. The van der Waals surface area contributed by atoms with E-state index in [1.165, 1.54) is 0 Å². The van der Waals surface area contributed by atoms with E-state index in [0.717, 1.165) is 30.9 Å². The van der Waals surface area contributed by atoms with Crippen LogP contribution in [0.5, 0.6) is 11.5 Å². The molecule has 1 aliphatic heterocycles. The molecule has 0 spiro atoms. The van der Waals surface area contributed by atoms with Gasteiger partial charge in [-0.25, -0.2) is 0 Å². The molecule has 5 nitrogen and oxygen atoms in total. The third-order valence-corrected chi connectivity index (χ3v) is 3.75. The van der Waals surface area contributed by atoms with Gasteiger partial charge in [-0.15, -0.1) is 0 Å². The quantitative estimate of drug-likeness (QED) is 0.875. The number of carbonyl (C=O) groups is 1. The maximum Gasteiger partial charge on any atom is 0.241 e. The molecule has 1 heterocycles. The van der Waals surface area contributed by atoms with Gasteiger partial charge in [0.1, 0.15) is 13.2 Å². The van der Waals surface area contributed by atoms with Gasteiger partial charge in [0, 0.05) is 11.8 Å². The number of fused-ring (bicyclic) bond motifs is 1. The molecule has 0 fully saturated rings. The minimum Gasteiger partial charge on any atom is -0.486 e. The number of benzene rings is 1. The van der Waals surface area contributed by atoms with Gasteiger partial charge < -0.3 is 14.8 Å². The molecule has 2 rings (SSSR count). The first-order valence-corrected chi connectivity index (χ1v) is 7.64. The third-order valence-electron chi connectivity index (χ3n) is 3.75. The van der Waals surface area contributed by atoms with E-state index in [-0.39, 0.29) is 11.9 Å². The maximum atomic E-state index is 12.4. The number of rotatable bonds is 6. The van der Waals surface area contributed by atoms with Gasteiger partial charge in [-0.1, -0.05) is 20.8 Å². The van der Waals surface area contributed by atoms with Crippen LogP contribution >= 0.6 is 0 Å². The molecule has 1 atom stereocenters. The van der Waals surface area contributed by atoms with Crippen LogP contribution in [0.25, 0.3) is 0 Å². The van der Waals surface area contributed by atoms with Crippen LogP contribution in [0.2, 0.25) is 0 Å². The summed E-state index contributed by atoms with van der Waals surface area (Å²) in [5, 5.41) is 2.98. The molecule has 21 heavy (non-hydrogen) atoms. The molecule has 1 amide bonds. The van der Waals surface area contributed by atoms with E-state index >= 15 is 0 Å². The van der Waals surface area contributed by atoms with Crippen molar-refractivity contribution in [3.05, 3.63) is 18.2 Å². The standard InChI is InChI=1S/C16H24N2O3/c1-4-13(18(5-2)6-3)16(19)17-12-7-8-14-15(11-12)21-10-9-20-14/h7-8,11,13H,4-6,9-10H2,1-3H3,(H,17,19). The fourth-order valence-corrected chi connectivity index (χ4v) is 2.62. The van der Waals surface area contributed by atoms with Gasteiger partial charge in [0.25, 0.3) is 0 Å². The van der Waals surface area contributed by atoms with Crippen molar-refractivity contribution in [1.29, 1.82) is 0 Å². The number of hydrogen-bond acceptors (Lipinski definition) is 4. The fourth-order valence-electron chi connectivity index (χ4n) is 2.62. The molecule has 0 aromatic heterocycles. The highest BCUT2D eigenvalue weighted by molar-refractivity contribution is 5.95. The Hall–Kier alpha value is -1.75. The summed E-state index contributed by atoms with van der Waals surface area (Å²) in [7, 11) is 0. The lowest BCUT2D eigenvalue weighted by Crippen LogP contribution is -2.43. The summed E-state index contributed by atoms with van der Waals surface area (Å²) in [6, 6.07) is 5.40. The summed E-state index contributed by atoms with van der Waals surface area (Å²) in [6.45, 7) is 9.02. The second-order valence-corrected chi connectivity index (χ2v) is 4.99. The van der Waals surface area contributed by atoms with E-state index in [0.29, 0.717) is 19.0 Å². The van der Waals surface area contributed by atoms with Crippen molar-refractivity contribution in [3.8, 4) is 11.5 Å². The van der Waals surface area contributed by atoms with Crippen molar-refractivity contribution < 1.29 is 14.3 Å².